The zero-order valence-corrected chi connectivity index (χ0v) is 10.6. The Morgan fingerprint density at radius 2 is 1.42 bits per heavy atom. The van der Waals surface area contributed by atoms with Crippen molar-refractivity contribution in [3.05, 3.63) is 35.9 Å². The van der Waals surface area contributed by atoms with Gasteiger partial charge in [0.1, 0.15) is 0 Å². The van der Waals surface area contributed by atoms with Gasteiger partial charge in [-0.2, -0.15) is 0 Å². The SMILES string of the molecule is COC(=O)C1OC(c2ccccc2)O[C@H]1C(=O)OC. The molecule has 0 bridgehead atoms. The molecule has 0 N–H and O–H groups in total. The van der Waals surface area contributed by atoms with Gasteiger partial charge in [0.05, 0.1) is 14.2 Å². The van der Waals surface area contributed by atoms with Crippen molar-refractivity contribution in [1.29, 1.82) is 0 Å². The Balaban J connectivity index is 2.20. The molecule has 0 spiro atoms. The number of esters is 2. The summed E-state index contributed by atoms with van der Waals surface area (Å²) in [5.41, 5.74) is 0.711. The Kier molecular flexibility index (Phi) is 4.13. The predicted molar refractivity (Wildman–Crippen MR) is 63.0 cm³/mol. The second kappa shape index (κ2) is 5.81. The average Bonchev–Trinajstić information content (AvgIpc) is 2.91. The second-order valence-corrected chi connectivity index (χ2v) is 3.90. The molecule has 1 aromatic carbocycles. The first kappa shape index (κ1) is 13.5. The Morgan fingerprint density at radius 3 is 1.84 bits per heavy atom. The molecule has 0 radical (unpaired) electrons. The number of hydrogen-bond acceptors (Lipinski definition) is 6. The number of carbonyl (C=O) groups excluding carboxylic acids is 2. The van der Waals surface area contributed by atoms with E-state index in [1.807, 2.05) is 6.07 Å². The Bertz CT molecular complexity index is 433. The fourth-order valence-corrected chi connectivity index (χ4v) is 1.80. The second-order valence-electron chi connectivity index (χ2n) is 3.90. The molecule has 19 heavy (non-hydrogen) atoms. The van der Waals surface area contributed by atoms with Crippen LogP contribution in [-0.2, 0) is 28.5 Å². The molecule has 6 nitrogen and oxygen atoms in total. The van der Waals surface area contributed by atoms with Crippen LogP contribution < -0.4 is 0 Å². The summed E-state index contributed by atoms with van der Waals surface area (Å²) in [6.07, 6.45) is -3.04. The van der Waals surface area contributed by atoms with Crippen LogP contribution in [0, 0.1) is 0 Å². The van der Waals surface area contributed by atoms with Crippen molar-refractivity contribution in [1.82, 2.24) is 0 Å². The molecule has 0 aliphatic carbocycles. The van der Waals surface area contributed by atoms with E-state index in [1.54, 1.807) is 24.3 Å². The molecule has 1 fully saturated rings. The van der Waals surface area contributed by atoms with E-state index in [0.717, 1.165) is 0 Å². The maximum atomic E-state index is 11.6. The van der Waals surface area contributed by atoms with Crippen LogP contribution in [0.1, 0.15) is 11.9 Å². The molecule has 1 saturated heterocycles. The Morgan fingerprint density at radius 1 is 0.947 bits per heavy atom. The van der Waals surface area contributed by atoms with Gasteiger partial charge in [-0.15, -0.1) is 0 Å². The molecule has 6 heteroatoms. The number of rotatable bonds is 3. The van der Waals surface area contributed by atoms with Crippen molar-refractivity contribution in [3.63, 3.8) is 0 Å². The number of hydrogen-bond donors (Lipinski definition) is 0. The van der Waals surface area contributed by atoms with Gasteiger partial charge in [0.2, 0.25) is 0 Å². The first-order valence-corrected chi connectivity index (χ1v) is 5.69. The fourth-order valence-electron chi connectivity index (χ4n) is 1.80. The molecule has 0 aromatic heterocycles. The monoisotopic (exact) mass is 266 g/mol. The quantitative estimate of drug-likeness (QED) is 0.754. The third kappa shape index (κ3) is 2.74. The summed E-state index contributed by atoms with van der Waals surface area (Å²) in [4.78, 5) is 23.2. The van der Waals surface area contributed by atoms with Gasteiger partial charge in [0, 0.05) is 5.56 Å². The molecular formula is C13H14O6. The lowest BCUT2D eigenvalue weighted by atomic mass is 10.2. The van der Waals surface area contributed by atoms with Gasteiger partial charge in [-0.05, 0) is 0 Å². The molecule has 2 rings (SSSR count). The zero-order chi connectivity index (χ0) is 13.8. The van der Waals surface area contributed by atoms with E-state index in [1.165, 1.54) is 14.2 Å². The lowest BCUT2D eigenvalue weighted by molar-refractivity contribution is -0.160. The first-order chi connectivity index (χ1) is 9.17. The molecule has 0 amide bonds. The van der Waals surface area contributed by atoms with Crippen molar-refractivity contribution in [2.45, 2.75) is 18.5 Å². The van der Waals surface area contributed by atoms with Gasteiger partial charge < -0.3 is 18.9 Å². The van der Waals surface area contributed by atoms with Gasteiger partial charge >= 0.3 is 11.9 Å². The van der Waals surface area contributed by atoms with Crippen LogP contribution in [0.5, 0.6) is 0 Å². The van der Waals surface area contributed by atoms with Gasteiger partial charge in [-0.25, -0.2) is 9.59 Å². The Labute approximate surface area is 110 Å². The van der Waals surface area contributed by atoms with Crippen molar-refractivity contribution in [2.75, 3.05) is 14.2 Å². The van der Waals surface area contributed by atoms with E-state index in [2.05, 4.69) is 9.47 Å². The number of ether oxygens (including phenoxy) is 4. The van der Waals surface area contributed by atoms with E-state index in [0.29, 0.717) is 5.56 Å². The van der Waals surface area contributed by atoms with Gasteiger partial charge in [-0.3, -0.25) is 0 Å². The molecule has 2 unspecified atom stereocenters. The normalized spacial score (nSPS) is 25.9. The minimum absolute atomic E-state index is 0.672. The highest BCUT2D eigenvalue weighted by Gasteiger charge is 2.47. The van der Waals surface area contributed by atoms with Crippen LogP contribution in [0.15, 0.2) is 30.3 Å². The lowest BCUT2D eigenvalue weighted by Crippen LogP contribution is -2.38. The highest BCUT2D eigenvalue weighted by Crippen LogP contribution is 2.32. The van der Waals surface area contributed by atoms with Crippen LogP contribution >= 0.6 is 0 Å². The zero-order valence-electron chi connectivity index (χ0n) is 10.6. The summed E-state index contributed by atoms with van der Waals surface area (Å²) >= 11 is 0. The number of benzene rings is 1. The van der Waals surface area contributed by atoms with Crippen LogP contribution in [-0.4, -0.2) is 38.4 Å². The van der Waals surface area contributed by atoms with Gasteiger partial charge in [0.25, 0.3) is 0 Å². The first-order valence-electron chi connectivity index (χ1n) is 5.69. The average molecular weight is 266 g/mol. The van der Waals surface area contributed by atoms with Crippen molar-refractivity contribution >= 4 is 11.9 Å². The van der Waals surface area contributed by atoms with E-state index in [9.17, 15) is 9.59 Å². The highest BCUT2D eigenvalue weighted by molar-refractivity contribution is 5.86. The number of methoxy groups -OCH3 is 2. The molecule has 3 atom stereocenters. The van der Waals surface area contributed by atoms with Crippen LogP contribution in [0.3, 0.4) is 0 Å². The van der Waals surface area contributed by atoms with E-state index in [-0.39, 0.29) is 0 Å². The molecule has 1 aliphatic rings. The number of carbonyl (C=O) groups is 2. The van der Waals surface area contributed by atoms with E-state index >= 15 is 0 Å². The summed E-state index contributed by atoms with van der Waals surface area (Å²) in [7, 11) is 2.44. The van der Waals surface area contributed by atoms with Crippen LogP contribution in [0.25, 0.3) is 0 Å². The van der Waals surface area contributed by atoms with Gasteiger partial charge in [-0.1, -0.05) is 30.3 Å². The van der Waals surface area contributed by atoms with Crippen molar-refractivity contribution in [2.24, 2.45) is 0 Å². The van der Waals surface area contributed by atoms with Crippen LogP contribution in [0.2, 0.25) is 0 Å². The minimum Gasteiger partial charge on any atom is -0.467 e. The summed E-state index contributed by atoms with van der Waals surface area (Å²) in [5, 5.41) is 0. The lowest BCUT2D eigenvalue weighted by Gasteiger charge is -2.11. The summed E-state index contributed by atoms with van der Waals surface area (Å²) in [5.74, 6) is -1.34. The van der Waals surface area contributed by atoms with E-state index < -0.39 is 30.4 Å². The summed E-state index contributed by atoms with van der Waals surface area (Å²) < 4.78 is 20.1. The fraction of sp³-hybridized carbons (Fsp3) is 0.385. The maximum Gasteiger partial charge on any atom is 0.338 e. The smallest absolute Gasteiger partial charge is 0.338 e. The van der Waals surface area contributed by atoms with Crippen LogP contribution in [0.4, 0.5) is 0 Å². The molecule has 0 saturated carbocycles. The third-order valence-corrected chi connectivity index (χ3v) is 2.75. The highest BCUT2D eigenvalue weighted by atomic mass is 16.8. The molecular weight excluding hydrogens is 252 g/mol. The maximum absolute atomic E-state index is 11.6. The summed E-state index contributed by atoms with van der Waals surface area (Å²) in [6, 6.07) is 9.01. The standard InChI is InChI=1S/C13H14O6/c1-16-11(14)9-10(12(15)17-2)19-13(18-9)8-6-4-3-5-7-8/h3-7,9-10,13H,1-2H3/t9-,10?,13?/m1/s1. The minimum atomic E-state index is -1.12. The van der Waals surface area contributed by atoms with Crippen molar-refractivity contribution < 1.29 is 28.5 Å². The predicted octanol–water partition coefficient (Wildman–Crippen LogP) is 0.815. The third-order valence-electron chi connectivity index (χ3n) is 2.75. The molecule has 1 aromatic rings. The topological polar surface area (TPSA) is 71.1 Å². The molecule has 102 valence electrons. The van der Waals surface area contributed by atoms with Crippen molar-refractivity contribution in [3.8, 4) is 0 Å². The molecule has 1 heterocycles. The summed E-state index contributed by atoms with van der Waals surface area (Å²) in [6.45, 7) is 0. The largest absolute Gasteiger partial charge is 0.467 e. The van der Waals surface area contributed by atoms with Gasteiger partial charge in [0.15, 0.2) is 18.5 Å². The molecule has 1 aliphatic heterocycles. The van der Waals surface area contributed by atoms with E-state index in [4.69, 9.17) is 9.47 Å². The Hall–Kier alpha value is -1.92.